The van der Waals surface area contributed by atoms with Crippen LogP contribution in [0.4, 0.5) is 13.2 Å². The number of hydrogen-bond acceptors (Lipinski definition) is 6. The molecule has 3 aromatic rings. The van der Waals surface area contributed by atoms with Crippen LogP contribution in [0.25, 0.3) is 10.2 Å². The number of halogens is 3. The minimum atomic E-state index is -4.56. The standard InChI is InChI=1S/C17H16F3N5OS/c1-9-5-12(17(18,19)20)23-13(22-9)7-25-8-21-15-14(16(25)26)10-3-4-24(2)6-11(10)27-15/h5,8H,3-4,6-7H2,1-2H3. The fourth-order valence-corrected chi connectivity index (χ4v) is 4.52. The highest BCUT2D eigenvalue weighted by Crippen LogP contribution is 2.32. The van der Waals surface area contributed by atoms with Crippen LogP contribution >= 0.6 is 11.3 Å². The van der Waals surface area contributed by atoms with Gasteiger partial charge in [-0.3, -0.25) is 9.36 Å². The van der Waals surface area contributed by atoms with Crippen LogP contribution in [0.3, 0.4) is 0 Å². The van der Waals surface area contributed by atoms with Gasteiger partial charge in [-0.1, -0.05) is 0 Å². The molecule has 3 aromatic heterocycles. The number of alkyl halides is 3. The Bertz CT molecular complexity index is 1090. The van der Waals surface area contributed by atoms with Crippen molar-refractivity contribution >= 4 is 21.6 Å². The quantitative estimate of drug-likeness (QED) is 0.668. The summed E-state index contributed by atoms with van der Waals surface area (Å²) in [5, 5.41) is 0.564. The summed E-state index contributed by atoms with van der Waals surface area (Å²) >= 11 is 1.49. The van der Waals surface area contributed by atoms with Crippen molar-refractivity contribution < 1.29 is 13.2 Å². The van der Waals surface area contributed by atoms with E-state index in [-0.39, 0.29) is 23.6 Å². The van der Waals surface area contributed by atoms with Gasteiger partial charge in [0.05, 0.1) is 18.3 Å². The van der Waals surface area contributed by atoms with Crippen LogP contribution < -0.4 is 5.56 Å². The minimum Gasteiger partial charge on any atom is -0.301 e. The topological polar surface area (TPSA) is 63.9 Å². The number of likely N-dealkylation sites (N-methyl/N-ethyl adjacent to an activating group) is 1. The molecule has 0 saturated carbocycles. The predicted octanol–water partition coefficient (Wildman–Crippen LogP) is 2.61. The molecule has 4 heterocycles. The van der Waals surface area contributed by atoms with Crippen LogP contribution in [-0.2, 0) is 25.7 Å². The highest BCUT2D eigenvalue weighted by atomic mass is 32.1. The minimum absolute atomic E-state index is 0.0607. The molecule has 0 atom stereocenters. The van der Waals surface area contributed by atoms with Gasteiger partial charge in [-0.25, -0.2) is 15.0 Å². The van der Waals surface area contributed by atoms with Gasteiger partial charge >= 0.3 is 6.18 Å². The zero-order valence-corrected chi connectivity index (χ0v) is 15.5. The summed E-state index contributed by atoms with van der Waals surface area (Å²) in [5.74, 6) is -0.0607. The van der Waals surface area contributed by atoms with Gasteiger partial charge < -0.3 is 4.90 Å². The second-order valence-corrected chi connectivity index (χ2v) is 7.74. The van der Waals surface area contributed by atoms with Crippen molar-refractivity contribution in [3.8, 4) is 0 Å². The maximum absolute atomic E-state index is 13.0. The van der Waals surface area contributed by atoms with Crippen LogP contribution in [0.15, 0.2) is 17.2 Å². The van der Waals surface area contributed by atoms with Crippen LogP contribution in [0.1, 0.15) is 27.7 Å². The lowest BCUT2D eigenvalue weighted by Crippen LogP contribution is -2.27. The Morgan fingerprint density at radius 2 is 2.07 bits per heavy atom. The SMILES string of the molecule is Cc1cc(C(F)(F)F)nc(Cn2cnc3sc4c(c3c2=O)CCN(C)C4)n1. The Hall–Kier alpha value is -2.33. The third kappa shape index (κ3) is 3.34. The largest absolute Gasteiger partial charge is 0.433 e. The summed E-state index contributed by atoms with van der Waals surface area (Å²) in [6.45, 7) is 2.93. The fourth-order valence-electron chi connectivity index (χ4n) is 3.26. The molecule has 0 bridgehead atoms. The molecule has 0 aliphatic carbocycles. The molecule has 0 saturated heterocycles. The smallest absolute Gasteiger partial charge is 0.301 e. The zero-order valence-electron chi connectivity index (χ0n) is 14.7. The first-order valence-electron chi connectivity index (χ1n) is 8.32. The molecule has 1 aliphatic heterocycles. The molecule has 1 aliphatic rings. The van der Waals surface area contributed by atoms with E-state index in [0.717, 1.165) is 36.0 Å². The monoisotopic (exact) mass is 395 g/mol. The predicted molar refractivity (Wildman–Crippen MR) is 94.8 cm³/mol. The lowest BCUT2D eigenvalue weighted by Gasteiger charge is -2.21. The van der Waals surface area contributed by atoms with Crippen molar-refractivity contribution in [2.45, 2.75) is 32.6 Å². The van der Waals surface area contributed by atoms with Gasteiger partial charge in [0.2, 0.25) is 0 Å². The van der Waals surface area contributed by atoms with Gasteiger partial charge in [-0.15, -0.1) is 11.3 Å². The molecule has 0 N–H and O–H groups in total. The molecule has 0 unspecified atom stereocenters. The lowest BCUT2D eigenvalue weighted by atomic mass is 10.1. The van der Waals surface area contributed by atoms with Crippen molar-refractivity contribution in [1.29, 1.82) is 0 Å². The first-order chi connectivity index (χ1) is 12.7. The van der Waals surface area contributed by atoms with E-state index in [1.54, 1.807) is 0 Å². The lowest BCUT2D eigenvalue weighted by molar-refractivity contribution is -0.141. The summed E-state index contributed by atoms with van der Waals surface area (Å²) in [6, 6.07) is 0.888. The van der Waals surface area contributed by atoms with Gasteiger partial charge in [0.1, 0.15) is 16.3 Å². The Morgan fingerprint density at radius 3 is 2.81 bits per heavy atom. The van der Waals surface area contributed by atoms with Gasteiger partial charge in [-0.05, 0) is 32.0 Å². The molecular weight excluding hydrogens is 379 g/mol. The van der Waals surface area contributed by atoms with E-state index in [1.807, 2.05) is 7.05 Å². The van der Waals surface area contributed by atoms with Gasteiger partial charge in [0.25, 0.3) is 5.56 Å². The summed E-state index contributed by atoms with van der Waals surface area (Å²) in [7, 11) is 2.02. The molecule has 0 amide bonds. The second-order valence-electron chi connectivity index (χ2n) is 6.66. The molecule has 0 aromatic carbocycles. The average molecular weight is 395 g/mol. The third-order valence-electron chi connectivity index (χ3n) is 4.52. The van der Waals surface area contributed by atoms with Crippen molar-refractivity contribution in [3.05, 3.63) is 50.4 Å². The Kier molecular flexibility index (Phi) is 4.26. The molecule has 4 rings (SSSR count). The van der Waals surface area contributed by atoms with Crippen molar-refractivity contribution in [1.82, 2.24) is 24.4 Å². The summed E-state index contributed by atoms with van der Waals surface area (Å²) in [4.78, 5) is 28.9. The molecular formula is C17H16F3N5OS. The van der Waals surface area contributed by atoms with E-state index in [4.69, 9.17) is 0 Å². The highest BCUT2D eigenvalue weighted by molar-refractivity contribution is 7.18. The number of fused-ring (bicyclic) bond motifs is 3. The Labute approximate surface area is 156 Å². The van der Waals surface area contributed by atoms with Crippen molar-refractivity contribution in [2.24, 2.45) is 0 Å². The molecule has 0 spiro atoms. The fraction of sp³-hybridized carbons (Fsp3) is 0.412. The number of aryl methyl sites for hydroxylation is 1. The first-order valence-corrected chi connectivity index (χ1v) is 9.14. The maximum Gasteiger partial charge on any atom is 0.433 e. The number of rotatable bonds is 2. The average Bonchev–Trinajstić information content (AvgIpc) is 2.94. The normalized spacial score (nSPS) is 15.3. The Morgan fingerprint density at radius 1 is 1.30 bits per heavy atom. The van der Waals surface area contributed by atoms with Crippen LogP contribution in [0.2, 0.25) is 0 Å². The van der Waals surface area contributed by atoms with E-state index in [1.165, 1.54) is 29.2 Å². The molecule has 142 valence electrons. The molecule has 10 heteroatoms. The summed E-state index contributed by atoms with van der Waals surface area (Å²) in [6.07, 6.45) is -2.45. The second kappa shape index (κ2) is 6.38. The highest BCUT2D eigenvalue weighted by Gasteiger charge is 2.33. The third-order valence-corrected chi connectivity index (χ3v) is 5.65. The van der Waals surface area contributed by atoms with E-state index in [0.29, 0.717) is 10.2 Å². The van der Waals surface area contributed by atoms with Gasteiger partial charge in [0.15, 0.2) is 0 Å². The number of hydrogen-bond donors (Lipinski definition) is 0. The Balaban J connectivity index is 1.77. The van der Waals surface area contributed by atoms with E-state index >= 15 is 0 Å². The summed E-state index contributed by atoms with van der Waals surface area (Å²) < 4.78 is 40.2. The number of aromatic nitrogens is 4. The molecule has 27 heavy (non-hydrogen) atoms. The summed E-state index contributed by atoms with van der Waals surface area (Å²) in [5.41, 5.74) is -0.0739. The van der Waals surface area contributed by atoms with Gasteiger partial charge in [-0.2, -0.15) is 13.2 Å². The van der Waals surface area contributed by atoms with Crippen molar-refractivity contribution in [3.63, 3.8) is 0 Å². The van der Waals surface area contributed by atoms with E-state index < -0.39 is 11.9 Å². The molecule has 0 fully saturated rings. The molecule has 6 nitrogen and oxygen atoms in total. The van der Waals surface area contributed by atoms with Crippen molar-refractivity contribution in [2.75, 3.05) is 13.6 Å². The number of thiophene rings is 1. The zero-order chi connectivity index (χ0) is 19.3. The van der Waals surface area contributed by atoms with Crippen LogP contribution in [-0.4, -0.2) is 38.0 Å². The maximum atomic E-state index is 13.0. The van der Waals surface area contributed by atoms with Gasteiger partial charge in [0, 0.05) is 23.7 Å². The van der Waals surface area contributed by atoms with E-state index in [9.17, 15) is 18.0 Å². The molecule has 0 radical (unpaired) electrons. The first kappa shape index (κ1) is 18.1. The number of nitrogens with zero attached hydrogens (tertiary/aromatic N) is 5. The van der Waals surface area contributed by atoms with E-state index in [2.05, 4.69) is 19.9 Å². The van der Waals surface area contributed by atoms with Crippen LogP contribution in [0.5, 0.6) is 0 Å². The van der Waals surface area contributed by atoms with Crippen LogP contribution in [0, 0.1) is 6.92 Å².